The summed E-state index contributed by atoms with van der Waals surface area (Å²) in [6, 6.07) is 12.0. The molecule has 0 saturated heterocycles. The Labute approximate surface area is 196 Å². The van der Waals surface area contributed by atoms with Gasteiger partial charge in [0, 0.05) is 18.7 Å². The number of thiocarbonyl (C=S) groups is 1. The molecule has 9 heteroatoms. The van der Waals surface area contributed by atoms with Gasteiger partial charge in [0.25, 0.3) is 11.8 Å². The molecular weight excluding hydrogens is 482 g/mol. The van der Waals surface area contributed by atoms with Crippen molar-refractivity contribution in [3.05, 3.63) is 58.1 Å². The maximum Gasteiger partial charge on any atom is 0.257 e. The molecule has 3 N–H and O–H groups in total. The van der Waals surface area contributed by atoms with Crippen molar-refractivity contribution >= 4 is 50.8 Å². The Bertz CT molecular complexity index is 939. The molecule has 2 aromatic carbocycles. The number of halogens is 1. The van der Waals surface area contributed by atoms with Crippen LogP contribution in [0.5, 0.6) is 5.75 Å². The Balaban J connectivity index is 2.02. The van der Waals surface area contributed by atoms with Crippen LogP contribution >= 0.6 is 28.1 Å². The SMILES string of the molecule is CCC(C)NC(=O)c1ccccc1NC(=S)NC(=O)c1ccc(OCCOC)c(Br)c1. The third-order valence-electron chi connectivity index (χ3n) is 4.38. The summed E-state index contributed by atoms with van der Waals surface area (Å²) in [5, 5.41) is 8.57. The lowest BCUT2D eigenvalue weighted by molar-refractivity contribution is 0.0938. The molecule has 0 fully saturated rings. The van der Waals surface area contributed by atoms with Crippen LogP contribution in [0.25, 0.3) is 0 Å². The Morgan fingerprint density at radius 2 is 1.87 bits per heavy atom. The predicted octanol–water partition coefficient (Wildman–Crippen LogP) is 4.13. The standard InChI is InChI=1S/C22H26BrN3O4S/c1-4-14(2)24-21(28)16-7-5-6-8-18(16)25-22(31)26-20(27)15-9-10-19(17(23)13-15)30-12-11-29-3/h5-10,13-14H,4,11-12H2,1-3H3,(H,24,28)(H2,25,26,27,31). The van der Waals surface area contributed by atoms with E-state index >= 15 is 0 Å². The quantitative estimate of drug-likeness (QED) is 0.349. The lowest BCUT2D eigenvalue weighted by Crippen LogP contribution is -2.36. The first-order valence-corrected chi connectivity index (χ1v) is 11.0. The maximum atomic E-state index is 12.6. The predicted molar refractivity (Wildman–Crippen MR) is 129 cm³/mol. The highest BCUT2D eigenvalue weighted by Crippen LogP contribution is 2.26. The van der Waals surface area contributed by atoms with Crippen LogP contribution in [0.3, 0.4) is 0 Å². The molecule has 0 spiro atoms. The third kappa shape index (κ3) is 7.61. The summed E-state index contributed by atoms with van der Waals surface area (Å²) in [4.78, 5) is 25.1. The normalized spacial score (nSPS) is 11.4. The van der Waals surface area contributed by atoms with Gasteiger partial charge in [-0.15, -0.1) is 0 Å². The monoisotopic (exact) mass is 507 g/mol. The summed E-state index contributed by atoms with van der Waals surface area (Å²) in [6.07, 6.45) is 0.821. The van der Waals surface area contributed by atoms with Crippen LogP contribution in [-0.2, 0) is 4.74 Å². The van der Waals surface area contributed by atoms with Crippen LogP contribution < -0.4 is 20.7 Å². The minimum absolute atomic E-state index is 0.0482. The Morgan fingerprint density at radius 1 is 1.13 bits per heavy atom. The molecule has 1 atom stereocenters. The van der Waals surface area contributed by atoms with E-state index in [1.54, 1.807) is 49.6 Å². The van der Waals surface area contributed by atoms with Gasteiger partial charge in [-0.1, -0.05) is 19.1 Å². The number of para-hydroxylation sites is 1. The summed E-state index contributed by atoms with van der Waals surface area (Å²) in [5.74, 6) is 0.0123. The molecule has 2 rings (SSSR count). The van der Waals surface area contributed by atoms with Crippen molar-refractivity contribution in [2.24, 2.45) is 0 Å². The van der Waals surface area contributed by atoms with Gasteiger partial charge in [0.1, 0.15) is 12.4 Å². The summed E-state index contributed by atoms with van der Waals surface area (Å²) >= 11 is 8.67. The number of carbonyl (C=O) groups excluding carboxylic acids is 2. The first-order chi connectivity index (χ1) is 14.8. The topological polar surface area (TPSA) is 88.7 Å². The number of carbonyl (C=O) groups is 2. The molecule has 0 aliphatic carbocycles. The van der Waals surface area contributed by atoms with Gasteiger partial charge < -0.3 is 20.1 Å². The lowest BCUT2D eigenvalue weighted by atomic mass is 10.1. The van der Waals surface area contributed by atoms with E-state index in [9.17, 15) is 9.59 Å². The average molecular weight is 508 g/mol. The molecule has 0 saturated carbocycles. The number of nitrogens with one attached hydrogen (secondary N) is 3. The van der Waals surface area contributed by atoms with Crippen LogP contribution in [0.2, 0.25) is 0 Å². The van der Waals surface area contributed by atoms with Gasteiger partial charge in [-0.25, -0.2) is 0 Å². The Kier molecular flexibility index (Phi) is 9.90. The third-order valence-corrected chi connectivity index (χ3v) is 5.20. The zero-order valence-electron chi connectivity index (χ0n) is 17.7. The van der Waals surface area contributed by atoms with Gasteiger partial charge in [0.15, 0.2) is 5.11 Å². The number of hydrogen-bond donors (Lipinski definition) is 3. The van der Waals surface area contributed by atoms with Crippen molar-refractivity contribution in [2.75, 3.05) is 25.6 Å². The number of rotatable bonds is 9. The minimum atomic E-state index is -0.386. The molecule has 0 aliphatic rings. The maximum absolute atomic E-state index is 12.6. The summed E-state index contributed by atoms with van der Waals surface area (Å²) in [6.45, 7) is 4.80. The fourth-order valence-corrected chi connectivity index (χ4v) is 3.21. The fourth-order valence-electron chi connectivity index (χ4n) is 2.52. The Hall–Kier alpha value is -2.49. The molecule has 0 aromatic heterocycles. The molecule has 0 aliphatic heterocycles. The lowest BCUT2D eigenvalue weighted by Gasteiger charge is -2.16. The zero-order valence-corrected chi connectivity index (χ0v) is 20.1. The number of hydrogen-bond acceptors (Lipinski definition) is 5. The summed E-state index contributed by atoms with van der Waals surface area (Å²) < 4.78 is 11.2. The molecule has 2 amide bonds. The van der Waals surface area contributed by atoms with Crippen molar-refractivity contribution in [3.63, 3.8) is 0 Å². The smallest absolute Gasteiger partial charge is 0.257 e. The highest BCUT2D eigenvalue weighted by molar-refractivity contribution is 9.10. The molecule has 2 aromatic rings. The second kappa shape index (κ2) is 12.4. The van der Waals surface area contributed by atoms with Gasteiger partial charge in [0.05, 0.1) is 22.3 Å². The van der Waals surface area contributed by atoms with E-state index in [0.717, 1.165) is 6.42 Å². The number of ether oxygens (including phenoxy) is 2. The minimum Gasteiger partial charge on any atom is -0.490 e. The molecule has 0 heterocycles. The number of amides is 2. The molecule has 7 nitrogen and oxygen atoms in total. The highest BCUT2D eigenvalue weighted by Gasteiger charge is 2.15. The summed E-state index contributed by atoms with van der Waals surface area (Å²) in [5.41, 5.74) is 1.36. The van der Waals surface area contributed by atoms with E-state index in [1.807, 2.05) is 13.8 Å². The molecule has 1 unspecified atom stereocenters. The van der Waals surface area contributed by atoms with E-state index < -0.39 is 0 Å². The molecule has 0 radical (unpaired) electrons. The Morgan fingerprint density at radius 3 is 2.55 bits per heavy atom. The van der Waals surface area contributed by atoms with Crippen LogP contribution in [-0.4, -0.2) is 43.3 Å². The second-order valence-electron chi connectivity index (χ2n) is 6.72. The van der Waals surface area contributed by atoms with E-state index in [4.69, 9.17) is 21.7 Å². The molecule has 166 valence electrons. The number of methoxy groups -OCH3 is 1. The van der Waals surface area contributed by atoms with Gasteiger partial charge in [-0.05, 0) is 71.8 Å². The van der Waals surface area contributed by atoms with Gasteiger partial charge in [0.2, 0.25) is 0 Å². The van der Waals surface area contributed by atoms with Gasteiger partial charge in [-0.3, -0.25) is 14.9 Å². The number of benzene rings is 2. The number of anilines is 1. The van der Waals surface area contributed by atoms with E-state index in [1.165, 1.54) is 0 Å². The first kappa shape index (κ1) is 24.8. The van der Waals surface area contributed by atoms with E-state index in [2.05, 4.69) is 31.9 Å². The van der Waals surface area contributed by atoms with E-state index in [0.29, 0.717) is 40.3 Å². The fraction of sp³-hybridized carbons (Fsp3) is 0.318. The van der Waals surface area contributed by atoms with Crippen molar-refractivity contribution in [3.8, 4) is 5.75 Å². The average Bonchev–Trinajstić information content (AvgIpc) is 2.75. The van der Waals surface area contributed by atoms with Gasteiger partial charge >= 0.3 is 0 Å². The highest BCUT2D eigenvalue weighted by atomic mass is 79.9. The van der Waals surface area contributed by atoms with E-state index in [-0.39, 0.29) is 23.0 Å². The first-order valence-electron chi connectivity index (χ1n) is 9.79. The van der Waals surface area contributed by atoms with Crippen molar-refractivity contribution in [2.45, 2.75) is 26.3 Å². The molecule has 31 heavy (non-hydrogen) atoms. The van der Waals surface area contributed by atoms with Crippen LogP contribution in [0, 0.1) is 0 Å². The molecular formula is C22H26BrN3O4S. The van der Waals surface area contributed by atoms with Crippen molar-refractivity contribution in [1.82, 2.24) is 10.6 Å². The second-order valence-corrected chi connectivity index (χ2v) is 7.99. The van der Waals surface area contributed by atoms with Crippen LogP contribution in [0.1, 0.15) is 41.0 Å². The van der Waals surface area contributed by atoms with Crippen molar-refractivity contribution < 1.29 is 19.1 Å². The molecule has 0 bridgehead atoms. The zero-order chi connectivity index (χ0) is 22.8. The van der Waals surface area contributed by atoms with Crippen molar-refractivity contribution in [1.29, 1.82) is 0 Å². The van der Waals surface area contributed by atoms with Crippen LogP contribution in [0.4, 0.5) is 5.69 Å². The largest absolute Gasteiger partial charge is 0.490 e. The van der Waals surface area contributed by atoms with Crippen LogP contribution in [0.15, 0.2) is 46.9 Å². The summed E-state index contributed by atoms with van der Waals surface area (Å²) in [7, 11) is 1.60. The van der Waals surface area contributed by atoms with Gasteiger partial charge in [-0.2, -0.15) is 0 Å².